The van der Waals surface area contributed by atoms with E-state index in [1.807, 2.05) is 18.5 Å². The van der Waals surface area contributed by atoms with Crippen molar-refractivity contribution in [2.24, 2.45) is 5.92 Å². The number of carboxylic acids is 1. The second-order valence-corrected chi connectivity index (χ2v) is 4.34. The second-order valence-electron chi connectivity index (χ2n) is 3.43. The molecule has 96 valence electrons. The molecule has 17 heavy (non-hydrogen) atoms. The lowest BCUT2D eigenvalue weighted by Crippen LogP contribution is -2.40. The SMILES string of the molecule is CSCC(C)CNC(=O)NC(=O)C=CC(=O)O. The zero-order valence-electron chi connectivity index (χ0n) is 9.73. The predicted octanol–water partition coefficient (Wildman–Crippen LogP) is 0.452. The summed E-state index contributed by atoms with van der Waals surface area (Å²) in [6.07, 6.45) is 3.42. The Morgan fingerprint density at radius 1 is 1.35 bits per heavy atom. The van der Waals surface area contributed by atoms with Gasteiger partial charge in [-0.15, -0.1) is 0 Å². The van der Waals surface area contributed by atoms with Crippen LogP contribution >= 0.6 is 11.8 Å². The predicted molar refractivity (Wildman–Crippen MR) is 65.9 cm³/mol. The van der Waals surface area contributed by atoms with Crippen molar-refractivity contribution in [3.05, 3.63) is 12.2 Å². The molecular weight excluding hydrogens is 244 g/mol. The van der Waals surface area contributed by atoms with Gasteiger partial charge in [-0.25, -0.2) is 9.59 Å². The Hall–Kier alpha value is -1.50. The molecule has 0 aromatic carbocycles. The molecule has 0 saturated carbocycles. The Kier molecular flexibility index (Phi) is 7.87. The summed E-state index contributed by atoms with van der Waals surface area (Å²) in [4.78, 5) is 32.3. The van der Waals surface area contributed by atoms with Crippen LogP contribution in [0.4, 0.5) is 4.79 Å². The van der Waals surface area contributed by atoms with Crippen LogP contribution in [-0.2, 0) is 9.59 Å². The van der Waals surface area contributed by atoms with Crippen LogP contribution in [0.25, 0.3) is 0 Å². The fraction of sp³-hybridized carbons (Fsp3) is 0.500. The van der Waals surface area contributed by atoms with Crippen LogP contribution in [0.5, 0.6) is 0 Å². The molecule has 3 N–H and O–H groups in total. The molecule has 0 rings (SSSR count). The summed E-state index contributed by atoms with van der Waals surface area (Å²) >= 11 is 1.67. The standard InChI is InChI=1S/C10H16N2O4S/c1-7(6-17-2)5-11-10(16)12-8(13)3-4-9(14)15/h3-4,7H,5-6H2,1-2H3,(H,14,15)(H2,11,12,13,16). The van der Waals surface area contributed by atoms with E-state index < -0.39 is 17.9 Å². The zero-order chi connectivity index (χ0) is 13.3. The number of amides is 3. The lowest BCUT2D eigenvalue weighted by Gasteiger charge is -2.10. The first-order valence-electron chi connectivity index (χ1n) is 4.94. The molecule has 0 radical (unpaired) electrons. The molecule has 0 aliphatic carbocycles. The lowest BCUT2D eigenvalue weighted by atomic mass is 10.2. The third-order valence-electron chi connectivity index (χ3n) is 1.68. The van der Waals surface area contributed by atoms with Crippen LogP contribution in [-0.4, -0.2) is 41.6 Å². The minimum absolute atomic E-state index is 0.306. The van der Waals surface area contributed by atoms with Gasteiger partial charge in [-0.05, 0) is 17.9 Å². The zero-order valence-corrected chi connectivity index (χ0v) is 10.5. The van der Waals surface area contributed by atoms with E-state index in [2.05, 4.69) is 5.32 Å². The van der Waals surface area contributed by atoms with E-state index in [0.717, 1.165) is 11.8 Å². The van der Waals surface area contributed by atoms with E-state index in [-0.39, 0.29) is 0 Å². The summed E-state index contributed by atoms with van der Waals surface area (Å²) in [7, 11) is 0. The molecule has 1 atom stereocenters. The van der Waals surface area contributed by atoms with Gasteiger partial charge in [-0.3, -0.25) is 10.1 Å². The molecule has 0 heterocycles. The van der Waals surface area contributed by atoms with E-state index in [9.17, 15) is 14.4 Å². The summed E-state index contributed by atoms with van der Waals surface area (Å²) in [5.74, 6) is -0.787. The van der Waals surface area contributed by atoms with Gasteiger partial charge >= 0.3 is 12.0 Å². The number of aliphatic carboxylic acids is 1. The van der Waals surface area contributed by atoms with Crippen molar-refractivity contribution in [2.75, 3.05) is 18.6 Å². The third-order valence-corrected chi connectivity index (χ3v) is 2.58. The Balaban J connectivity index is 3.86. The molecule has 0 saturated heterocycles. The molecule has 0 bridgehead atoms. The molecule has 0 aromatic heterocycles. The van der Waals surface area contributed by atoms with Gasteiger partial charge in [0.2, 0.25) is 0 Å². The first-order chi connectivity index (χ1) is 7.95. The van der Waals surface area contributed by atoms with Crippen LogP contribution in [0.2, 0.25) is 0 Å². The van der Waals surface area contributed by atoms with Crippen LogP contribution in [0, 0.1) is 5.92 Å². The molecule has 1 unspecified atom stereocenters. The summed E-state index contributed by atoms with van der Waals surface area (Å²) in [6.45, 7) is 2.44. The molecule has 3 amide bonds. The number of thioether (sulfide) groups is 1. The molecule has 7 heteroatoms. The van der Waals surface area contributed by atoms with E-state index in [1.165, 1.54) is 0 Å². The number of carboxylic acid groups (broad SMARTS) is 1. The Morgan fingerprint density at radius 2 is 2.00 bits per heavy atom. The Morgan fingerprint density at radius 3 is 2.53 bits per heavy atom. The normalized spacial score (nSPS) is 12.1. The highest BCUT2D eigenvalue weighted by atomic mass is 32.2. The van der Waals surface area contributed by atoms with Crippen LogP contribution in [0.1, 0.15) is 6.92 Å². The van der Waals surface area contributed by atoms with Gasteiger partial charge in [-0.2, -0.15) is 11.8 Å². The van der Waals surface area contributed by atoms with Gasteiger partial charge in [-0.1, -0.05) is 6.92 Å². The number of rotatable bonds is 6. The lowest BCUT2D eigenvalue weighted by molar-refractivity contribution is -0.131. The van der Waals surface area contributed by atoms with Crippen LogP contribution in [0.15, 0.2) is 12.2 Å². The minimum atomic E-state index is -1.24. The summed E-state index contributed by atoms with van der Waals surface area (Å²) in [5, 5.41) is 12.8. The molecule has 0 aliphatic rings. The van der Waals surface area contributed by atoms with Crippen molar-refractivity contribution in [1.82, 2.24) is 10.6 Å². The highest BCUT2D eigenvalue weighted by molar-refractivity contribution is 7.98. The maximum atomic E-state index is 11.2. The monoisotopic (exact) mass is 260 g/mol. The minimum Gasteiger partial charge on any atom is -0.478 e. The largest absolute Gasteiger partial charge is 0.478 e. The van der Waals surface area contributed by atoms with Gasteiger partial charge in [0.25, 0.3) is 5.91 Å². The highest BCUT2D eigenvalue weighted by Crippen LogP contribution is 2.02. The van der Waals surface area contributed by atoms with Crippen molar-refractivity contribution in [3.63, 3.8) is 0 Å². The number of nitrogens with one attached hydrogen (secondary N) is 2. The quantitative estimate of drug-likeness (QED) is 0.603. The van der Waals surface area contributed by atoms with Crippen molar-refractivity contribution >= 4 is 29.7 Å². The van der Waals surface area contributed by atoms with Gasteiger partial charge in [0.05, 0.1) is 0 Å². The van der Waals surface area contributed by atoms with E-state index >= 15 is 0 Å². The Labute approximate surface area is 104 Å². The summed E-state index contributed by atoms with van der Waals surface area (Å²) in [6, 6.07) is -0.627. The number of hydrogen-bond acceptors (Lipinski definition) is 4. The summed E-state index contributed by atoms with van der Waals surface area (Å²) < 4.78 is 0. The van der Waals surface area contributed by atoms with E-state index in [0.29, 0.717) is 18.5 Å². The molecular formula is C10H16N2O4S. The maximum absolute atomic E-state index is 11.2. The number of carbonyl (C=O) groups excluding carboxylic acids is 2. The van der Waals surface area contributed by atoms with Crippen LogP contribution in [0.3, 0.4) is 0 Å². The average Bonchev–Trinajstić information content (AvgIpc) is 2.24. The molecule has 6 nitrogen and oxygen atoms in total. The van der Waals surface area contributed by atoms with Crippen molar-refractivity contribution in [1.29, 1.82) is 0 Å². The van der Waals surface area contributed by atoms with Gasteiger partial charge < -0.3 is 10.4 Å². The van der Waals surface area contributed by atoms with E-state index in [4.69, 9.17) is 5.11 Å². The average molecular weight is 260 g/mol. The van der Waals surface area contributed by atoms with Gasteiger partial charge in [0, 0.05) is 18.7 Å². The van der Waals surface area contributed by atoms with Gasteiger partial charge in [0.15, 0.2) is 0 Å². The molecule has 0 aromatic rings. The molecule has 0 fully saturated rings. The first kappa shape index (κ1) is 15.5. The molecule has 0 spiro atoms. The van der Waals surface area contributed by atoms with Gasteiger partial charge in [0.1, 0.15) is 0 Å². The third kappa shape index (κ3) is 9.43. The summed E-state index contributed by atoms with van der Waals surface area (Å²) in [5.41, 5.74) is 0. The molecule has 0 aliphatic heterocycles. The number of carbonyl (C=O) groups is 3. The first-order valence-corrected chi connectivity index (χ1v) is 6.33. The fourth-order valence-corrected chi connectivity index (χ4v) is 1.64. The second kappa shape index (κ2) is 8.63. The fourth-order valence-electron chi connectivity index (χ4n) is 0.955. The van der Waals surface area contributed by atoms with Crippen molar-refractivity contribution < 1.29 is 19.5 Å². The van der Waals surface area contributed by atoms with Crippen LogP contribution < -0.4 is 10.6 Å². The highest BCUT2D eigenvalue weighted by Gasteiger charge is 2.07. The number of hydrogen-bond donors (Lipinski definition) is 3. The maximum Gasteiger partial charge on any atom is 0.328 e. The van der Waals surface area contributed by atoms with E-state index in [1.54, 1.807) is 11.8 Å². The van der Waals surface area contributed by atoms with Crippen molar-refractivity contribution in [2.45, 2.75) is 6.92 Å². The number of imide groups is 1. The number of urea groups is 1. The Bertz CT molecular complexity index is 317. The topological polar surface area (TPSA) is 95.5 Å². The smallest absolute Gasteiger partial charge is 0.328 e. The van der Waals surface area contributed by atoms with Crippen molar-refractivity contribution in [3.8, 4) is 0 Å².